The lowest BCUT2D eigenvalue weighted by atomic mass is 9.84. The fourth-order valence-electron chi connectivity index (χ4n) is 3.54. The van der Waals surface area contributed by atoms with Gasteiger partial charge in [-0.3, -0.25) is 14.9 Å². The van der Waals surface area contributed by atoms with Crippen molar-refractivity contribution in [1.29, 1.82) is 0 Å². The number of amides is 1. The number of hydrogen-bond donors (Lipinski definition) is 3. The van der Waals surface area contributed by atoms with Crippen LogP contribution in [0.5, 0.6) is 0 Å². The Bertz CT molecular complexity index is 670. The Labute approximate surface area is 148 Å². The Balaban J connectivity index is 1.48. The Morgan fingerprint density at radius 3 is 2.96 bits per heavy atom. The van der Waals surface area contributed by atoms with Crippen molar-refractivity contribution in [3.63, 3.8) is 0 Å². The van der Waals surface area contributed by atoms with Crippen molar-refractivity contribution in [3.05, 3.63) is 47.5 Å². The normalized spacial score (nSPS) is 20.4. The van der Waals surface area contributed by atoms with E-state index in [0.29, 0.717) is 12.3 Å². The molecule has 0 aromatic carbocycles. The van der Waals surface area contributed by atoms with E-state index >= 15 is 0 Å². The Morgan fingerprint density at radius 1 is 1.28 bits per heavy atom. The standard InChI is InChI=1S/C19H27N5O/c1-14-5-4-9-21-18(14)13-20-12-15-6-2-3-7-17(15)23-19(25)11-16-8-10-22-24-16/h4-5,8-10,15,17,20H,2-3,6-7,11-13H2,1H3,(H,22,24)(H,23,25). The summed E-state index contributed by atoms with van der Waals surface area (Å²) >= 11 is 0. The van der Waals surface area contributed by atoms with Crippen LogP contribution in [0.2, 0.25) is 0 Å². The molecular weight excluding hydrogens is 314 g/mol. The van der Waals surface area contributed by atoms with E-state index in [1.165, 1.54) is 18.4 Å². The van der Waals surface area contributed by atoms with Gasteiger partial charge in [0.15, 0.2) is 0 Å². The SMILES string of the molecule is Cc1cccnc1CNCC1CCCCC1NC(=O)Cc1ccn[nH]1. The zero-order chi connectivity index (χ0) is 17.5. The summed E-state index contributed by atoms with van der Waals surface area (Å²) in [6, 6.07) is 6.14. The van der Waals surface area contributed by atoms with Crippen molar-refractivity contribution in [2.45, 2.75) is 51.6 Å². The van der Waals surface area contributed by atoms with Gasteiger partial charge in [-0.1, -0.05) is 18.9 Å². The average Bonchev–Trinajstić information content (AvgIpc) is 3.11. The third-order valence-corrected chi connectivity index (χ3v) is 4.98. The maximum atomic E-state index is 12.3. The summed E-state index contributed by atoms with van der Waals surface area (Å²) in [6.07, 6.45) is 8.52. The third kappa shape index (κ3) is 5.13. The number of H-pyrrole nitrogens is 1. The number of aromatic amines is 1. The van der Waals surface area contributed by atoms with Crippen molar-refractivity contribution in [2.24, 2.45) is 5.92 Å². The van der Waals surface area contributed by atoms with Gasteiger partial charge in [0, 0.05) is 37.2 Å². The molecule has 25 heavy (non-hydrogen) atoms. The summed E-state index contributed by atoms with van der Waals surface area (Å²) < 4.78 is 0. The van der Waals surface area contributed by atoms with E-state index in [9.17, 15) is 4.79 Å². The molecule has 6 nitrogen and oxygen atoms in total. The van der Waals surface area contributed by atoms with E-state index in [0.717, 1.165) is 37.3 Å². The van der Waals surface area contributed by atoms with Crippen molar-refractivity contribution in [3.8, 4) is 0 Å². The van der Waals surface area contributed by atoms with Crippen LogP contribution in [0, 0.1) is 12.8 Å². The molecule has 2 aromatic rings. The maximum absolute atomic E-state index is 12.3. The summed E-state index contributed by atoms with van der Waals surface area (Å²) in [6.45, 7) is 3.77. The van der Waals surface area contributed by atoms with Crippen LogP contribution in [-0.2, 0) is 17.8 Å². The van der Waals surface area contributed by atoms with Gasteiger partial charge in [0.1, 0.15) is 0 Å². The third-order valence-electron chi connectivity index (χ3n) is 4.98. The van der Waals surface area contributed by atoms with Crippen LogP contribution in [0.25, 0.3) is 0 Å². The minimum Gasteiger partial charge on any atom is -0.353 e. The van der Waals surface area contributed by atoms with Crippen LogP contribution in [0.1, 0.15) is 42.6 Å². The van der Waals surface area contributed by atoms with Crippen LogP contribution < -0.4 is 10.6 Å². The number of nitrogens with one attached hydrogen (secondary N) is 3. The molecule has 1 fully saturated rings. The zero-order valence-electron chi connectivity index (χ0n) is 14.8. The topological polar surface area (TPSA) is 82.7 Å². The highest BCUT2D eigenvalue weighted by Gasteiger charge is 2.26. The summed E-state index contributed by atoms with van der Waals surface area (Å²) in [4.78, 5) is 16.7. The number of aryl methyl sites for hydroxylation is 1. The highest BCUT2D eigenvalue weighted by molar-refractivity contribution is 5.78. The number of carbonyl (C=O) groups is 1. The first-order valence-corrected chi connectivity index (χ1v) is 9.11. The fraction of sp³-hybridized carbons (Fsp3) is 0.526. The van der Waals surface area contributed by atoms with E-state index in [-0.39, 0.29) is 11.9 Å². The van der Waals surface area contributed by atoms with Gasteiger partial charge in [-0.05, 0) is 43.4 Å². The summed E-state index contributed by atoms with van der Waals surface area (Å²) in [5, 5.41) is 13.5. The van der Waals surface area contributed by atoms with Gasteiger partial charge in [0.2, 0.25) is 5.91 Å². The predicted molar refractivity (Wildman–Crippen MR) is 96.9 cm³/mol. The molecule has 0 bridgehead atoms. The monoisotopic (exact) mass is 341 g/mol. The first-order valence-electron chi connectivity index (χ1n) is 9.11. The van der Waals surface area contributed by atoms with Crippen LogP contribution in [-0.4, -0.2) is 33.7 Å². The van der Waals surface area contributed by atoms with Gasteiger partial charge in [0.05, 0.1) is 12.1 Å². The minimum absolute atomic E-state index is 0.0710. The van der Waals surface area contributed by atoms with E-state index in [1.807, 2.05) is 18.3 Å². The van der Waals surface area contributed by atoms with E-state index in [2.05, 4.69) is 38.8 Å². The zero-order valence-corrected chi connectivity index (χ0v) is 14.8. The van der Waals surface area contributed by atoms with Gasteiger partial charge in [-0.2, -0.15) is 5.10 Å². The number of carbonyl (C=O) groups excluding carboxylic acids is 1. The second-order valence-corrected chi connectivity index (χ2v) is 6.88. The van der Waals surface area contributed by atoms with Crippen LogP contribution in [0.15, 0.2) is 30.6 Å². The van der Waals surface area contributed by atoms with Gasteiger partial charge in [-0.15, -0.1) is 0 Å². The van der Waals surface area contributed by atoms with Gasteiger partial charge >= 0.3 is 0 Å². The van der Waals surface area contributed by atoms with Crippen LogP contribution in [0.4, 0.5) is 0 Å². The fourth-order valence-corrected chi connectivity index (χ4v) is 3.54. The molecule has 0 spiro atoms. The molecule has 2 unspecified atom stereocenters. The van der Waals surface area contributed by atoms with Crippen molar-refractivity contribution in [1.82, 2.24) is 25.8 Å². The smallest absolute Gasteiger partial charge is 0.226 e. The number of aromatic nitrogens is 3. The molecule has 3 rings (SSSR count). The Morgan fingerprint density at radius 2 is 2.16 bits per heavy atom. The second-order valence-electron chi connectivity index (χ2n) is 6.88. The van der Waals surface area contributed by atoms with Crippen LogP contribution >= 0.6 is 0 Å². The number of nitrogens with zero attached hydrogens (tertiary/aromatic N) is 2. The van der Waals surface area contributed by atoms with E-state index < -0.39 is 0 Å². The molecule has 0 aliphatic heterocycles. The van der Waals surface area contributed by atoms with E-state index in [4.69, 9.17) is 0 Å². The van der Waals surface area contributed by atoms with Crippen molar-refractivity contribution in [2.75, 3.05) is 6.54 Å². The first-order chi connectivity index (χ1) is 12.2. The van der Waals surface area contributed by atoms with Crippen LogP contribution in [0.3, 0.4) is 0 Å². The Kier molecular flexibility index (Phi) is 6.17. The molecule has 1 amide bonds. The predicted octanol–water partition coefficient (Wildman–Crippen LogP) is 2.12. The lowest BCUT2D eigenvalue weighted by Gasteiger charge is -2.32. The molecule has 2 aromatic heterocycles. The average molecular weight is 341 g/mol. The molecule has 1 saturated carbocycles. The first kappa shape index (κ1) is 17.6. The summed E-state index contributed by atoms with van der Waals surface area (Å²) in [7, 11) is 0. The van der Waals surface area contributed by atoms with Gasteiger partial charge in [0.25, 0.3) is 0 Å². The van der Waals surface area contributed by atoms with Crippen molar-refractivity contribution >= 4 is 5.91 Å². The van der Waals surface area contributed by atoms with Crippen molar-refractivity contribution < 1.29 is 4.79 Å². The highest BCUT2D eigenvalue weighted by Crippen LogP contribution is 2.24. The van der Waals surface area contributed by atoms with Gasteiger partial charge < -0.3 is 10.6 Å². The lowest BCUT2D eigenvalue weighted by molar-refractivity contribution is -0.121. The molecule has 0 saturated heterocycles. The molecular formula is C19H27N5O. The molecule has 3 N–H and O–H groups in total. The second kappa shape index (κ2) is 8.76. The molecule has 6 heteroatoms. The summed E-state index contributed by atoms with van der Waals surface area (Å²) in [5.74, 6) is 0.546. The maximum Gasteiger partial charge on any atom is 0.226 e. The lowest BCUT2D eigenvalue weighted by Crippen LogP contribution is -2.46. The summed E-state index contributed by atoms with van der Waals surface area (Å²) in [5.41, 5.74) is 3.16. The molecule has 2 atom stereocenters. The quantitative estimate of drug-likeness (QED) is 0.720. The molecule has 1 aliphatic rings. The molecule has 2 heterocycles. The molecule has 134 valence electrons. The largest absolute Gasteiger partial charge is 0.353 e. The van der Waals surface area contributed by atoms with E-state index in [1.54, 1.807) is 6.20 Å². The molecule has 1 aliphatic carbocycles. The number of hydrogen-bond acceptors (Lipinski definition) is 4. The number of pyridine rings is 1. The molecule has 0 radical (unpaired) electrons. The number of rotatable bonds is 7. The minimum atomic E-state index is 0.0710. The van der Waals surface area contributed by atoms with Gasteiger partial charge in [-0.25, -0.2) is 0 Å². The highest BCUT2D eigenvalue weighted by atomic mass is 16.1. The Hall–Kier alpha value is -2.21.